The highest BCUT2D eigenvalue weighted by atomic mass is 32.2. The Bertz CT molecular complexity index is 730. The third kappa shape index (κ3) is 7.68. The molecule has 0 radical (unpaired) electrons. The number of thioether (sulfide) groups is 1. The number of benzene rings is 1. The summed E-state index contributed by atoms with van der Waals surface area (Å²) in [4.78, 5) is 17.6. The molecule has 3 N–H and O–H groups in total. The lowest BCUT2D eigenvalue weighted by Gasteiger charge is -2.13. The van der Waals surface area contributed by atoms with Crippen molar-refractivity contribution in [2.24, 2.45) is 10.9 Å². The van der Waals surface area contributed by atoms with Crippen LogP contribution in [0.25, 0.3) is 0 Å². The first-order chi connectivity index (χ1) is 13.8. The highest BCUT2D eigenvalue weighted by molar-refractivity contribution is 7.99. The number of nitrogens with one attached hydrogen (secondary N) is 3. The average Bonchev–Trinajstić information content (AvgIpc) is 3.45. The minimum Gasteiger partial charge on any atom is -0.469 e. The molecule has 1 saturated carbocycles. The number of amides is 1. The fourth-order valence-corrected chi connectivity index (χ4v) is 3.41. The Kier molecular flexibility index (Phi) is 8.30. The van der Waals surface area contributed by atoms with Crippen LogP contribution in [0.5, 0.6) is 0 Å². The summed E-state index contributed by atoms with van der Waals surface area (Å²) in [7, 11) is 0. The summed E-state index contributed by atoms with van der Waals surface area (Å²) in [5, 5.41) is 9.63. The van der Waals surface area contributed by atoms with E-state index in [1.807, 2.05) is 30.0 Å². The van der Waals surface area contributed by atoms with Crippen LogP contribution < -0.4 is 16.0 Å². The number of rotatable bonds is 11. The normalized spacial score (nSPS) is 13.9. The minimum atomic E-state index is 0.172. The number of hydrogen-bond donors (Lipinski definition) is 3. The second kappa shape index (κ2) is 11.4. The van der Waals surface area contributed by atoms with Gasteiger partial charge in [0.15, 0.2) is 5.96 Å². The van der Waals surface area contributed by atoms with Crippen molar-refractivity contribution in [1.29, 1.82) is 0 Å². The van der Waals surface area contributed by atoms with E-state index in [9.17, 15) is 4.79 Å². The quantitative estimate of drug-likeness (QED) is 0.234. The van der Waals surface area contributed by atoms with E-state index in [1.165, 1.54) is 4.90 Å². The third-order valence-electron chi connectivity index (χ3n) is 4.28. The highest BCUT2D eigenvalue weighted by Crippen LogP contribution is 2.28. The van der Waals surface area contributed by atoms with Gasteiger partial charge < -0.3 is 20.4 Å². The van der Waals surface area contributed by atoms with Crippen LogP contribution in [-0.4, -0.2) is 43.8 Å². The fourth-order valence-electron chi connectivity index (χ4n) is 2.62. The lowest BCUT2D eigenvalue weighted by Crippen LogP contribution is -2.42. The number of aliphatic imine (C=N–C) groups is 1. The maximum absolute atomic E-state index is 11.7. The molecule has 7 heteroatoms. The molecule has 0 bridgehead atoms. The van der Waals surface area contributed by atoms with Crippen molar-refractivity contribution in [2.75, 3.05) is 31.9 Å². The summed E-state index contributed by atoms with van der Waals surface area (Å²) in [5.41, 5.74) is 0. The first-order valence-electron chi connectivity index (χ1n) is 9.81. The molecule has 6 nitrogen and oxygen atoms in total. The van der Waals surface area contributed by atoms with Crippen molar-refractivity contribution in [1.82, 2.24) is 16.0 Å². The Balaban J connectivity index is 1.38. The zero-order valence-corrected chi connectivity index (χ0v) is 16.8. The molecule has 1 amide bonds. The largest absolute Gasteiger partial charge is 0.469 e. The molecule has 1 aromatic carbocycles. The van der Waals surface area contributed by atoms with Gasteiger partial charge in [0.1, 0.15) is 5.76 Å². The van der Waals surface area contributed by atoms with Gasteiger partial charge in [-0.25, -0.2) is 0 Å². The maximum atomic E-state index is 11.7. The molecule has 1 fully saturated rings. The first-order valence-corrected chi connectivity index (χ1v) is 10.8. The summed E-state index contributed by atoms with van der Waals surface area (Å²) in [5.74, 6) is 3.06. The van der Waals surface area contributed by atoms with Gasteiger partial charge in [-0.1, -0.05) is 18.2 Å². The number of carbonyl (C=O) groups excluding carboxylic acids is 1. The molecule has 1 heterocycles. The SMILES string of the molecule is O=C(NCCNC(=NCCc1ccco1)NCCSc1ccccc1)C1CC1. The van der Waals surface area contributed by atoms with Crippen molar-refractivity contribution in [3.05, 3.63) is 54.5 Å². The van der Waals surface area contributed by atoms with Crippen LogP contribution in [0.15, 0.2) is 63.0 Å². The van der Waals surface area contributed by atoms with Crippen LogP contribution in [0.1, 0.15) is 18.6 Å². The van der Waals surface area contributed by atoms with Crippen LogP contribution in [0, 0.1) is 5.92 Å². The third-order valence-corrected chi connectivity index (χ3v) is 5.29. The Labute approximate surface area is 170 Å². The molecule has 28 heavy (non-hydrogen) atoms. The molecule has 1 aromatic heterocycles. The highest BCUT2D eigenvalue weighted by Gasteiger charge is 2.28. The van der Waals surface area contributed by atoms with E-state index < -0.39 is 0 Å². The summed E-state index contributed by atoms with van der Waals surface area (Å²) >= 11 is 1.81. The van der Waals surface area contributed by atoms with Crippen LogP contribution in [0.4, 0.5) is 0 Å². The van der Waals surface area contributed by atoms with Gasteiger partial charge in [-0.15, -0.1) is 11.8 Å². The topological polar surface area (TPSA) is 78.7 Å². The van der Waals surface area contributed by atoms with Crippen LogP contribution in [-0.2, 0) is 11.2 Å². The van der Waals surface area contributed by atoms with Crippen molar-refractivity contribution >= 4 is 23.6 Å². The fraction of sp³-hybridized carbons (Fsp3) is 0.429. The van der Waals surface area contributed by atoms with Crippen molar-refractivity contribution < 1.29 is 9.21 Å². The van der Waals surface area contributed by atoms with Gasteiger partial charge in [0.25, 0.3) is 0 Å². The van der Waals surface area contributed by atoms with E-state index in [-0.39, 0.29) is 11.8 Å². The molecule has 0 aliphatic heterocycles. The molecule has 2 aromatic rings. The second-order valence-electron chi connectivity index (χ2n) is 6.64. The van der Waals surface area contributed by atoms with Gasteiger partial charge in [0.2, 0.25) is 5.91 Å². The second-order valence-corrected chi connectivity index (χ2v) is 7.81. The number of hydrogen-bond acceptors (Lipinski definition) is 4. The van der Waals surface area contributed by atoms with Crippen molar-refractivity contribution in [3.63, 3.8) is 0 Å². The van der Waals surface area contributed by atoms with Gasteiger partial charge in [0, 0.05) is 49.2 Å². The maximum Gasteiger partial charge on any atom is 0.223 e. The average molecular weight is 401 g/mol. The van der Waals surface area contributed by atoms with Crippen molar-refractivity contribution in [3.8, 4) is 0 Å². The molecule has 0 atom stereocenters. The predicted octanol–water partition coefficient (Wildman–Crippen LogP) is 2.68. The summed E-state index contributed by atoms with van der Waals surface area (Å²) < 4.78 is 5.36. The summed E-state index contributed by atoms with van der Waals surface area (Å²) in [6, 6.07) is 14.2. The molecule has 1 aliphatic carbocycles. The Hall–Kier alpha value is -2.41. The Morgan fingerprint density at radius 1 is 1.04 bits per heavy atom. The number of nitrogens with zero attached hydrogens (tertiary/aromatic N) is 1. The molecule has 0 saturated heterocycles. The smallest absolute Gasteiger partial charge is 0.223 e. The van der Waals surface area contributed by atoms with Crippen LogP contribution >= 0.6 is 11.8 Å². The van der Waals surface area contributed by atoms with Gasteiger partial charge in [-0.3, -0.25) is 9.79 Å². The minimum absolute atomic E-state index is 0.172. The van der Waals surface area contributed by atoms with E-state index in [1.54, 1.807) is 6.26 Å². The number of guanidine groups is 1. The van der Waals surface area contributed by atoms with E-state index in [0.29, 0.717) is 19.6 Å². The zero-order valence-electron chi connectivity index (χ0n) is 16.0. The Morgan fingerprint density at radius 3 is 2.57 bits per heavy atom. The zero-order chi connectivity index (χ0) is 19.4. The molecule has 150 valence electrons. The van der Waals surface area contributed by atoms with Gasteiger partial charge >= 0.3 is 0 Å². The van der Waals surface area contributed by atoms with E-state index in [0.717, 1.165) is 43.3 Å². The number of furan rings is 1. The molecular weight excluding hydrogens is 372 g/mol. The summed E-state index contributed by atoms with van der Waals surface area (Å²) in [6.07, 6.45) is 4.50. The van der Waals surface area contributed by atoms with Gasteiger partial charge in [-0.2, -0.15) is 0 Å². The van der Waals surface area contributed by atoms with E-state index >= 15 is 0 Å². The van der Waals surface area contributed by atoms with Crippen LogP contribution in [0.2, 0.25) is 0 Å². The van der Waals surface area contributed by atoms with E-state index in [2.05, 4.69) is 45.2 Å². The molecule has 3 rings (SSSR count). The number of carbonyl (C=O) groups is 1. The molecule has 1 aliphatic rings. The van der Waals surface area contributed by atoms with Gasteiger partial charge in [0.05, 0.1) is 6.26 Å². The molecule has 0 unspecified atom stereocenters. The van der Waals surface area contributed by atoms with Crippen molar-refractivity contribution in [2.45, 2.75) is 24.2 Å². The van der Waals surface area contributed by atoms with E-state index in [4.69, 9.17) is 4.42 Å². The lowest BCUT2D eigenvalue weighted by atomic mass is 10.3. The Morgan fingerprint density at radius 2 is 1.82 bits per heavy atom. The molecule has 0 spiro atoms. The standard InChI is InChI=1S/C21H28N4O2S/c26-20(17-8-9-17)22-12-13-24-21(23-11-10-18-5-4-15-27-18)25-14-16-28-19-6-2-1-3-7-19/h1-7,15,17H,8-14,16H2,(H,22,26)(H2,23,24,25). The summed E-state index contributed by atoms with van der Waals surface area (Å²) in [6.45, 7) is 2.70. The predicted molar refractivity (Wildman–Crippen MR) is 114 cm³/mol. The monoisotopic (exact) mass is 400 g/mol. The molecular formula is C21H28N4O2S. The first kappa shape index (κ1) is 20.3. The lowest BCUT2D eigenvalue weighted by molar-refractivity contribution is -0.122. The van der Waals surface area contributed by atoms with Gasteiger partial charge in [-0.05, 0) is 37.1 Å². The van der Waals surface area contributed by atoms with Crippen LogP contribution in [0.3, 0.4) is 0 Å².